The first-order chi connectivity index (χ1) is 8.88. The molecule has 19 heavy (non-hydrogen) atoms. The zero-order chi connectivity index (χ0) is 14.5. The SMILES string of the molecule is CCCCCCS(=O)(=O)c1ccc(C)c(C(=O)O)c1. The highest BCUT2D eigenvalue weighted by atomic mass is 32.2. The van der Waals surface area contributed by atoms with Gasteiger partial charge in [0.15, 0.2) is 9.84 Å². The number of carboxylic acid groups (broad SMARTS) is 1. The second-order valence-corrected chi connectivity index (χ2v) is 6.77. The summed E-state index contributed by atoms with van der Waals surface area (Å²) in [6.07, 6.45) is 3.57. The normalized spacial score (nSPS) is 11.5. The summed E-state index contributed by atoms with van der Waals surface area (Å²) in [6, 6.07) is 4.28. The lowest BCUT2D eigenvalue weighted by atomic mass is 10.1. The number of carboxylic acids is 1. The summed E-state index contributed by atoms with van der Waals surface area (Å²) in [4.78, 5) is 11.1. The summed E-state index contributed by atoms with van der Waals surface area (Å²) in [6.45, 7) is 3.72. The van der Waals surface area contributed by atoms with Crippen LogP contribution in [-0.4, -0.2) is 25.2 Å². The van der Waals surface area contributed by atoms with Crippen LogP contribution >= 0.6 is 0 Å². The molecule has 0 aromatic heterocycles. The van der Waals surface area contributed by atoms with Crippen LogP contribution in [0.15, 0.2) is 23.1 Å². The molecule has 1 rings (SSSR count). The minimum Gasteiger partial charge on any atom is -0.478 e. The van der Waals surface area contributed by atoms with Crippen LogP contribution in [0.4, 0.5) is 0 Å². The fourth-order valence-electron chi connectivity index (χ4n) is 1.86. The van der Waals surface area contributed by atoms with E-state index in [0.717, 1.165) is 19.3 Å². The Hall–Kier alpha value is -1.36. The second kappa shape index (κ2) is 6.70. The van der Waals surface area contributed by atoms with Crippen molar-refractivity contribution in [3.63, 3.8) is 0 Å². The van der Waals surface area contributed by atoms with E-state index in [4.69, 9.17) is 5.11 Å². The van der Waals surface area contributed by atoms with Crippen molar-refractivity contribution in [1.82, 2.24) is 0 Å². The summed E-state index contributed by atoms with van der Waals surface area (Å²) in [5.74, 6) is -1.02. The quantitative estimate of drug-likeness (QED) is 0.781. The maximum absolute atomic E-state index is 12.1. The molecule has 1 N–H and O–H groups in total. The Kier molecular flexibility index (Phi) is 5.54. The van der Waals surface area contributed by atoms with Crippen molar-refractivity contribution in [2.24, 2.45) is 0 Å². The fourth-order valence-corrected chi connectivity index (χ4v) is 3.25. The van der Waals surface area contributed by atoms with Crippen LogP contribution in [0.2, 0.25) is 0 Å². The summed E-state index contributed by atoms with van der Waals surface area (Å²) in [5, 5.41) is 9.01. The number of aromatic carboxylic acids is 1. The molecule has 0 aliphatic heterocycles. The molecule has 0 aliphatic rings. The molecule has 0 spiro atoms. The second-order valence-electron chi connectivity index (χ2n) is 4.66. The van der Waals surface area contributed by atoms with E-state index in [1.54, 1.807) is 13.0 Å². The predicted octanol–water partition coefficient (Wildman–Crippen LogP) is 3.05. The Labute approximate surface area is 114 Å². The molecule has 0 radical (unpaired) electrons. The molecule has 0 fully saturated rings. The molecule has 0 aliphatic carbocycles. The van der Waals surface area contributed by atoms with Crippen LogP contribution in [0.5, 0.6) is 0 Å². The number of aryl methyl sites for hydroxylation is 1. The average Bonchev–Trinajstić information content (AvgIpc) is 2.34. The minimum absolute atomic E-state index is 0.0506. The molecule has 0 atom stereocenters. The van der Waals surface area contributed by atoms with Crippen molar-refractivity contribution >= 4 is 15.8 Å². The summed E-state index contributed by atoms with van der Waals surface area (Å²) in [7, 11) is -3.38. The lowest BCUT2D eigenvalue weighted by Gasteiger charge is -2.07. The molecule has 0 heterocycles. The first-order valence-corrected chi connectivity index (χ1v) is 8.10. The van der Waals surface area contributed by atoms with Gasteiger partial charge in [-0.3, -0.25) is 0 Å². The molecule has 4 nitrogen and oxygen atoms in total. The van der Waals surface area contributed by atoms with Crippen molar-refractivity contribution in [3.8, 4) is 0 Å². The predicted molar refractivity (Wildman–Crippen MR) is 74.3 cm³/mol. The Balaban J connectivity index is 2.89. The van der Waals surface area contributed by atoms with Gasteiger partial charge in [-0.15, -0.1) is 0 Å². The van der Waals surface area contributed by atoms with E-state index in [9.17, 15) is 13.2 Å². The van der Waals surface area contributed by atoms with Crippen molar-refractivity contribution in [3.05, 3.63) is 29.3 Å². The minimum atomic E-state index is -3.38. The van der Waals surface area contributed by atoms with Gasteiger partial charge in [0, 0.05) is 0 Å². The Morgan fingerprint density at radius 1 is 1.21 bits per heavy atom. The van der Waals surface area contributed by atoms with E-state index in [2.05, 4.69) is 6.92 Å². The standard InChI is InChI=1S/C14H20O4S/c1-3-4-5-6-9-19(17,18)12-8-7-11(2)13(10-12)14(15)16/h7-8,10H,3-6,9H2,1-2H3,(H,15,16). The average molecular weight is 284 g/mol. The number of sulfone groups is 1. The van der Waals surface area contributed by atoms with Gasteiger partial charge in [-0.05, 0) is 31.0 Å². The van der Waals surface area contributed by atoms with Crippen LogP contribution < -0.4 is 0 Å². The van der Waals surface area contributed by atoms with Gasteiger partial charge in [0.05, 0.1) is 16.2 Å². The number of rotatable bonds is 7. The topological polar surface area (TPSA) is 71.4 Å². The zero-order valence-electron chi connectivity index (χ0n) is 11.3. The van der Waals surface area contributed by atoms with Crippen molar-refractivity contribution in [2.75, 3.05) is 5.75 Å². The number of unbranched alkanes of at least 4 members (excludes halogenated alkanes) is 3. The molecule has 0 amide bonds. The highest BCUT2D eigenvalue weighted by molar-refractivity contribution is 7.91. The monoisotopic (exact) mass is 284 g/mol. The van der Waals surface area contributed by atoms with Gasteiger partial charge in [-0.2, -0.15) is 0 Å². The molecular formula is C14H20O4S. The summed E-state index contributed by atoms with van der Waals surface area (Å²) in [5.41, 5.74) is 0.618. The highest BCUT2D eigenvalue weighted by Gasteiger charge is 2.17. The van der Waals surface area contributed by atoms with Gasteiger partial charge in [-0.25, -0.2) is 13.2 Å². The smallest absolute Gasteiger partial charge is 0.335 e. The number of hydrogen-bond donors (Lipinski definition) is 1. The third-order valence-corrected chi connectivity index (χ3v) is 4.86. The molecule has 0 unspecified atom stereocenters. The number of benzene rings is 1. The van der Waals surface area contributed by atoms with Gasteiger partial charge in [0.2, 0.25) is 0 Å². The lowest BCUT2D eigenvalue weighted by Crippen LogP contribution is -2.09. The zero-order valence-corrected chi connectivity index (χ0v) is 12.2. The van der Waals surface area contributed by atoms with Gasteiger partial charge >= 0.3 is 5.97 Å². The van der Waals surface area contributed by atoms with E-state index in [-0.39, 0.29) is 16.2 Å². The van der Waals surface area contributed by atoms with Crippen LogP contribution in [0.25, 0.3) is 0 Å². The molecule has 0 saturated heterocycles. The van der Waals surface area contributed by atoms with Crippen LogP contribution in [0.1, 0.15) is 48.5 Å². The third kappa shape index (κ3) is 4.35. The summed E-state index contributed by atoms with van der Waals surface area (Å²) < 4.78 is 24.2. The third-order valence-electron chi connectivity index (χ3n) is 3.07. The largest absolute Gasteiger partial charge is 0.478 e. The van der Waals surface area contributed by atoms with Crippen LogP contribution in [0.3, 0.4) is 0 Å². The Bertz CT molecular complexity index is 547. The highest BCUT2D eigenvalue weighted by Crippen LogP contribution is 2.18. The molecule has 1 aromatic rings. The Morgan fingerprint density at radius 2 is 1.89 bits per heavy atom. The first-order valence-electron chi connectivity index (χ1n) is 6.45. The van der Waals surface area contributed by atoms with Crippen molar-refractivity contribution in [1.29, 1.82) is 0 Å². The molecule has 0 saturated carbocycles. The Morgan fingerprint density at radius 3 is 2.47 bits per heavy atom. The van der Waals surface area contributed by atoms with Crippen LogP contribution in [0, 0.1) is 6.92 Å². The lowest BCUT2D eigenvalue weighted by molar-refractivity contribution is 0.0696. The fraction of sp³-hybridized carbons (Fsp3) is 0.500. The maximum atomic E-state index is 12.1. The molecule has 0 bridgehead atoms. The molecular weight excluding hydrogens is 264 g/mol. The number of hydrogen-bond acceptors (Lipinski definition) is 3. The van der Waals surface area contributed by atoms with Gasteiger partial charge < -0.3 is 5.11 Å². The van der Waals surface area contributed by atoms with Gasteiger partial charge in [-0.1, -0.05) is 32.3 Å². The van der Waals surface area contributed by atoms with Crippen molar-refractivity contribution < 1.29 is 18.3 Å². The van der Waals surface area contributed by atoms with E-state index in [1.165, 1.54) is 12.1 Å². The van der Waals surface area contributed by atoms with E-state index in [0.29, 0.717) is 12.0 Å². The molecule has 106 valence electrons. The summed E-state index contributed by atoms with van der Waals surface area (Å²) >= 11 is 0. The van der Waals surface area contributed by atoms with E-state index >= 15 is 0 Å². The number of carbonyl (C=O) groups is 1. The van der Waals surface area contributed by atoms with E-state index in [1.807, 2.05) is 0 Å². The first kappa shape index (κ1) is 15.7. The van der Waals surface area contributed by atoms with E-state index < -0.39 is 15.8 Å². The molecule has 1 aromatic carbocycles. The van der Waals surface area contributed by atoms with Gasteiger partial charge in [0.25, 0.3) is 0 Å². The molecule has 5 heteroatoms. The van der Waals surface area contributed by atoms with Crippen LogP contribution in [-0.2, 0) is 9.84 Å². The van der Waals surface area contributed by atoms with Crippen molar-refractivity contribution in [2.45, 2.75) is 44.4 Å². The maximum Gasteiger partial charge on any atom is 0.335 e. The van der Waals surface area contributed by atoms with Gasteiger partial charge in [0.1, 0.15) is 0 Å².